The van der Waals surface area contributed by atoms with Gasteiger partial charge in [0.15, 0.2) is 0 Å². The standard InChI is InChI=1S/C11H19N3O/c1-14-7-11(12-13-14)6-10(8-15)9-4-2-3-5-9/h7,9-10,15H,2-6,8H2,1H3. The first-order chi connectivity index (χ1) is 7.29. The second-order valence-electron chi connectivity index (χ2n) is 4.57. The average Bonchev–Trinajstić information content (AvgIpc) is 2.85. The van der Waals surface area contributed by atoms with Gasteiger partial charge in [0.25, 0.3) is 0 Å². The Balaban J connectivity index is 1.95. The molecule has 1 aromatic rings. The SMILES string of the molecule is Cn1cc(CC(CO)C2CCCC2)nn1. The van der Waals surface area contributed by atoms with E-state index in [0.29, 0.717) is 11.8 Å². The van der Waals surface area contributed by atoms with Crippen molar-refractivity contribution < 1.29 is 5.11 Å². The van der Waals surface area contributed by atoms with Crippen LogP contribution in [0.4, 0.5) is 0 Å². The van der Waals surface area contributed by atoms with Crippen molar-refractivity contribution in [2.75, 3.05) is 6.61 Å². The van der Waals surface area contributed by atoms with E-state index in [9.17, 15) is 5.11 Å². The predicted molar refractivity (Wildman–Crippen MR) is 57.2 cm³/mol. The molecule has 1 unspecified atom stereocenters. The molecular formula is C11H19N3O. The normalized spacial score (nSPS) is 19.6. The molecular weight excluding hydrogens is 190 g/mol. The fraction of sp³-hybridized carbons (Fsp3) is 0.818. The third kappa shape index (κ3) is 2.56. The molecule has 1 saturated carbocycles. The predicted octanol–water partition coefficient (Wildman–Crippen LogP) is 1.16. The number of hydrogen-bond donors (Lipinski definition) is 1. The number of hydrogen-bond acceptors (Lipinski definition) is 3. The van der Waals surface area contributed by atoms with Crippen molar-refractivity contribution in [1.82, 2.24) is 15.0 Å². The number of rotatable bonds is 4. The number of aliphatic hydroxyl groups excluding tert-OH is 1. The summed E-state index contributed by atoms with van der Waals surface area (Å²) in [5.41, 5.74) is 1.00. The first-order valence-corrected chi connectivity index (χ1v) is 5.75. The van der Waals surface area contributed by atoms with Crippen LogP contribution in [0.2, 0.25) is 0 Å². The Bertz CT molecular complexity index is 305. The molecule has 0 radical (unpaired) electrons. The summed E-state index contributed by atoms with van der Waals surface area (Å²) in [4.78, 5) is 0. The van der Waals surface area contributed by atoms with Gasteiger partial charge in [-0.25, -0.2) is 0 Å². The van der Waals surface area contributed by atoms with Crippen LogP contribution in [0, 0.1) is 11.8 Å². The summed E-state index contributed by atoms with van der Waals surface area (Å²) in [7, 11) is 1.88. The maximum absolute atomic E-state index is 9.40. The van der Waals surface area contributed by atoms with Crippen LogP contribution in [0.15, 0.2) is 6.20 Å². The summed E-state index contributed by atoms with van der Waals surface area (Å²) in [6.45, 7) is 0.279. The van der Waals surface area contributed by atoms with Gasteiger partial charge in [-0.2, -0.15) is 0 Å². The molecule has 1 N–H and O–H groups in total. The van der Waals surface area contributed by atoms with Gasteiger partial charge in [0.05, 0.1) is 5.69 Å². The lowest BCUT2D eigenvalue weighted by molar-refractivity contribution is 0.175. The Labute approximate surface area is 90.3 Å². The molecule has 0 aromatic carbocycles. The average molecular weight is 209 g/mol. The molecule has 0 aliphatic heterocycles. The zero-order chi connectivity index (χ0) is 10.7. The summed E-state index contributed by atoms with van der Waals surface area (Å²) in [5, 5.41) is 17.4. The molecule has 1 fully saturated rings. The third-order valence-corrected chi connectivity index (χ3v) is 3.42. The van der Waals surface area contributed by atoms with Crippen molar-refractivity contribution in [2.24, 2.45) is 18.9 Å². The van der Waals surface area contributed by atoms with Gasteiger partial charge in [-0.05, 0) is 18.3 Å². The number of aromatic nitrogens is 3. The van der Waals surface area contributed by atoms with E-state index in [1.165, 1.54) is 25.7 Å². The second-order valence-corrected chi connectivity index (χ2v) is 4.57. The monoisotopic (exact) mass is 209 g/mol. The molecule has 4 nitrogen and oxygen atoms in total. The van der Waals surface area contributed by atoms with Crippen LogP contribution >= 0.6 is 0 Å². The van der Waals surface area contributed by atoms with Crippen LogP contribution < -0.4 is 0 Å². The van der Waals surface area contributed by atoms with E-state index in [0.717, 1.165) is 12.1 Å². The minimum absolute atomic E-state index is 0.279. The molecule has 0 amide bonds. The highest BCUT2D eigenvalue weighted by molar-refractivity contribution is 4.95. The molecule has 84 valence electrons. The van der Waals surface area contributed by atoms with Gasteiger partial charge in [0.1, 0.15) is 0 Å². The Morgan fingerprint density at radius 1 is 1.53 bits per heavy atom. The second kappa shape index (κ2) is 4.75. The Morgan fingerprint density at radius 3 is 2.80 bits per heavy atom. The van der Waals surface area contributed by atoms with E-state index < -0.39 is 0 Å². The molecule has 1 aliphatic rings. The van der Waals surface area contributed by atoms with E-state index in [2.05, 4.69) is 10.3 Å². The lowest BCUT2D eigenvalue weighted by Crippen LogP contribution is -2.18. The lowest BCUT2D eigenvalue weighted by atomic mass is 9.88. The van der Waals surface area contributed by atoms with E-state index in [1.807, 2.05) is 13.2 Å². The summed E-state index contributed by atoms with van der Waals surface area (Å²) < 4.78 is 1.72. The van der Waals surface area contributed by atoms with Crippen molar-refractivity contribution in [3.05, 3.63) is 11.9 Å². The zero-order valence-electron chi connectivity index (χ0n) is 9.26. The third-order valence-electron chi connectivity index (χ3n) is 3.42. The Morgan fingerprint density at radius 2 is 2.27 bits per heavy atom. The number of aryl methyl sites for hydroxylation is 1. The van der Waals surface area contributed by atoms with Gasteiger partial charge in [0.2, 0.25) is 0 Å². The van der Waals surface area contributed by atoms with Gasteiger partial charge in [0, 0.05) is 19.9 Å². The number of nitrogens with zero attached hydrogens (tertiary/aromatic N) is 3. The van der Waals surface area contributed by atoms with Crippen LogP contribution in [0.1, 0.15) is 31.4 Å². The van der Waals surface area contributed by atoms with Crippen LogP contribution in [-0.2, 0) is 13.5 Å². The smallest absolute Gasteiger partial charge is 0.0830 e. The van der Waals surface area contributed by atoms with Gasteiger partial charge in [-0.1, -0.05) is 30.9 Å². The van der Waals surface area contributed by atoms with Gasteiger partial charge in [-0.15, -0.1) is 5.10 Å². The molecule has 4 heteroatoms. The first-order valence-electron chi connectivity index (χ1n) is 5.75. The van der Waals surface area contributed by atoms with E-state index >= 15 is 0 Å². The van der Waals surface area contributed by atoms with Gasteiger partial charge in [-0.3, -0.25) is 4.68 Å². The van der Waals surface area contributed by atoms with E-state index in [-0.39, 0.29) is 6.61 Å². The van der Waals surface area contributed by atoms with E-state index in [1.54, 1.807) is 4.68 Å². The molecule has 1 atom stereocenters. The molecule has 2 rings (SSSR count). The van der Waals surface area contributed by atoms with Crippen LogP contribution in [0.3, 0.4) is 0 Å². The Hall–Kier alpha value is -0.900. The quantitative estimate of drug-likeness (QED) is 0.809. The minimum atomic E-state index is 0.279. The summed E-state index contributed by atoms with van der Waals surface area (Å²) in [5.74, 6) is 1.07. The molecule has 15 heavy (non-hydrogen) atoms. The molecule has 1 heterocycles. The molecule has 0 bridgehead atoms. The molecule has 0 spiro atoms. The molecule has 1 aromatic heterocycles. The van der Waals surface area contributed by atoms with Crippen molar-refractivity contribution in [1.29, 1.82) is 0 Å². The van der Waals surface area contributed by atoms with Crippen molar-refractivity contribution in [3.8, 4) is 0 Å². The highest BCUT2D eigenvalue weighted by Crippen LogP contribution is 2.32. The highest BCUT2D eigenvalue weighted by atomic mass is 16.3. The zero-order valence-corrected chi connectivity index (χ0v) is 9.26. The summed E-state index contributed by atoms with van der Waals surface area (Å²) in [6.07, 6.45) is 7.99. The Kier molecular flexibility index (Phi) is 3.36. The first kappa shape index (κ1) is 10.6. The molecule has 1 aliphatic carbocycles. The number of aliphatic hydroxyl groups is 1. The van der Waals surface area contributed by atoms with Crippen LogP contribution in [0.25, 0.3) is 0 Å². The van der Waals surface area contributed by atoms with Crippen LogP contribution in [0.5, 0.6) is 0 Å². The lowest BCUT2D eigenvalue weighted by Gasteiger charge is -2.19. The maximum Gasteiger partial charge on any atom is 0.0830 e. The summed E-state index contributed by atoms with van der Waals surface area (Å²) >= 11 is 0. The minimum Gasteiger partial charge on any atom is -0.396 e. The van der Waals surface area contributed by atoms with Crippen molar-refractivity contribution in [2.45, 2.75) is 32.1 Å². The largest absolute Gasteiger partial charge is 0.396 e. The van der Waals surface area contributed by atoms with Gasteiger partial charge >= 0.3 is 0 Å². The summed E-state index contributed by atoms with van der Waals surface area (Å²) in [6, 6.07) is 0. The fourth-order valence-electron chi connectivity index (χ4n) is 2.57. The van der Waals surface area contributed by atoms with Crippen LogP contribution in [-0.4, -0.2) is 26.7 Å². The van der Waals surface area contributed by atoms with Crippen molar-refractivity contribution >= 4 is 0 Å². The highest BCUT2D eigenvalue weighted by Gasteiger charge is 2.25. The maximum atomic E-state index is 9.40. The van der Waals surface area contributed by atoms with Crippen molar-refractivity contribution in [3.63, 3.8) is 0 Å². The van der Waals surface area contributed by atoms with Gasteiger partial charge < -0.3 is 5.11 Å². The molecule has 0 saturated heterocycles. The fourth-order valence-corrected chi connectivity index (χ4v) is 2.57. The topological polar surface area (TPSA) is 50.9 Å². The van der Waals surface area contributed by atoms with E-state index in [4.69, 9.17) is 0 Å².